The van der Waals surface area contributed by atoms with Crippen molar-refractivity contribution >= 4 is 11.9 Å². The van der Waals surface area contributed by atoms with Crippen LogP contribution in [0.25, 0.3) is 0 Å². The van der Waals surface area contributed by atoms with Crippen molar-refractivity contribution in [1.82, 2.24) is 0 Å². The predicted molar refractivity (Wildman–Crippen MR) is 38.9 cm³/mol. The van der Waals surface area contributed by atoms with Gasteiger partial charge in [-0.1, -0.05) is 0 Å². The maximum Gasteiger partial charge on any atom is 0.326 e. The highest BCUT2D eigenvalue weighted by Crippen LogP contribution is 2.53. The summed E-state index contributed by atoms with van der Waals surface area (Å²) in [6.07, 6.45) is -0.501. The normalized spacial score (nSPS) is 47.0. The first-order valence-corrected chi connectivity index (χ1v) is 3.85. The summed E-state index contributed by atoms with van der Waals surface area (Å²) >= 11 is 0. The molecule has 3 unspecified atom stereocenters. The zero-order valence-electron chi connectivity index (χ0n) is 6.64. The third-order valence-corrected chi connectivity index (χ3v) is 2.75. The largest absolute Gasteiger partial charge is 0.481 e. The van der Waals surface area contributed by atoms with Crippen molar-refractivity contribution in [1.29, 1.82) is 0 Å². The molecule has 2 aliphatic rings. The Labute approximate surface area is 73.3 Å². The SMILES string of the molecule is N[C@]1(C(=O)O)COC2C(C(=O)O)C21. The van der Waals surface area contributed by atoms with Gasteiger partial charge in [0.1, 0.15) is 5.54 Å². The molecular formula is C7H9NO5. The summed E-state index contributed by atoms with van der Waals surface area (Å²) in [6, 6.07) is 0. The molecule has 6 nitrogen and oxygen atoms in total. The number of hydrogen-bond donors (Lipinski definition) is 3. The van der Waals surface area contributed by atoms with Gasteiger partial charge in [0.15, 0.2) is 0 Å². The lowest BCUT2D eigenvalue weighted by atomic mass is 9.95. The summed E-state index contributed by atoms with van der Waals surface area (Å²) in [6.45, 7) is -0.0958. The van der Waals surface area contributed by atoms with Crippen molar-refractivity contribution < 1.29 is 24.5 Å². The zero-order chi connectivity index (χ0) is 9.80. The van der Waals surface area contributed by atoms with Crippen molar-refractivity contribution in [2.45, 2.75) is 11.6 Å². The van der Waals surface area contributed by atoms with Crippen LogP contribution in [0.15, 0.2) is 0 Å². The van der Waals surface area contributed by atoms with Crippen LogP contribution in [0.5, 0.6) is 0 Å². The zero-order valence-corrected chi connectivity index (χ0v) is 6.64. The number of carboxylic acids is 2. The van der Waals surface area contributed by atoms with Crippen molar-refractivity contribution in [3.05, 3.63) is 0 Å². The summed E-state index contributed by atoms with van der Waals surface area (Å²) in [5.74, 6) is -3.54. The van der Waals surface area contributed by atoms with E-state index in [0.29, 0.717) is 0 Å². The van der Waals surface area contributed by atoms with Crippen LogP contribution >= 0.6 is 0 Å². The second-order valence-electron chi connectivity index (χ2n) is 3.51. The standard InChI is InChI=1S/C7H9NO5/c8-7(6(11)12)1-13-4-2(3(4)7)5(9)10/h2-4H,1,8H2,(H,9,10)(H,11,12)/t2?,3?,4?,7-/m1/s1. The van der Waals surface area contributed by atoms with E-state index in [-0.39, 0.29) is 6.61 Å². The molecule has 0 radical (unpaired) electrons. The van der Waals surface area contributed by atoms with Gasteiger partial charge in [-0.2, -0.15) is 0 Å². The first kappa shape index (κ1) is 8.46. The van der Waals surface area contributed by atoms with E-state index in [0.717, 1.165) is 0 Å². The van der Waals surface area contributed by atoms with E-state index < -0.39 is 35.4 Å². The molecule has 1 aliphatic carbocycles. The van der Waals surface area contributed by atoms with Crippen LogP contribution in [-0.2, 0) is 14.3 Å². The Morgan fingerprint density at radius 1 is 1.46 bits per heavy atom. The molecule has 1 heterocycles. The predicted octanol–water partition coefficient (Wildman–Crippen LogP) is -1.50. The van der Waals surface area contributed by atoms with Gasteiger partial charge in [0.05, 0.1) is 18.6 Å². The van der Waals surface area contributed by atoms with E-state index >= 15 is 0 Å². The fourth-order valence-corrected chi connectivity index (χ4v) is 1.93. The fourth-order valence-electron chi connectivity index (χ4n) is 1.93. The minimum Gasteiger partial charge on any atom is -0.481 e. The quantitative estimate of drug-likeness (QED) is 0.485. The fraction of sp³-hybridized carbons (Fsp3) is 0.714. The van der Waals surface area contributed by atoms with E-state index in [4.69, 9.17) is 20.7 Å². The Morgan fingerprint density at radius 2 is 2.08 bits per heavy atom. The highest BCUT2D eigenvalue weighted by molar-refractivity contribution is 5.85. The Morgan fingerprint density at radius 3 is 2.46 bits per heavy atom. The molecule has 6 heteroatoms. The summed E-state index contributed by atoms with van der Waals surface area (Å²) in [5, 5.41) is 17.4. The van der Waals surface area contributed by atoms with Crippen LogP contribution in [0.4, 0.5) is 0 Å². The number of aliphatic carboxylic acids is 2. The molecule has 0 aromatic rings. The number of fused-ring (bicyclic) bond motifs is 1. The first-order valence-electron chi connectivity index (χ1n) is 3.85. The number of ether oxygens (including phenoxy) is 1. The van der Waals surface area contributed by atoms with Crippen molar-refractivity contribution in [2.75, 3.05) is 6.61 Å². The summed E-state index contributed by atoms with van der Waals surface area (Å²) in [7, 11) is 0. The van der Waals surface area contributed by atoms with Crippen molar-refractivity contribution in [2.24, 2.45) is 17.6 Å². The average Bonchev–Trinajstić information content (AvgIpc) is 2.66. The molecule has 72 valence electrons. The molecular weight excluding hydrogens is 178 g/mol. The molecule has 13 heavy (non-hydrogen) atoms. The monoisotopic (exact) mass is 187 g/mol. The highest BCUT2D eigenvalue weighted by atomic mass is 16.5. The van der Waals surface area contributed by atoms with Gasteiger partial charge in [-0.25, -0.2) is 0 Å². The van der Waals surface area contributed by atoms with Gasteiger partial charge >= 0.3 is 11.9 Å². The molecule has 2 fully saturated rings. The molecule has 1 saturated carbocycles. The van der Waals surface area contributed by atoms with Crippen LogP contribution in [0, 0.1) is 11.8 Å². The Kier molecular flexibility index (Phi) is 1.44. The lowest BCUT2D eigenvalue weighted by molar-refractivity contribution is -0.147. The molecule has 1 saturated heterocycles. The van der Waals surface area contributed by atoms with Gasteiger partial charge in [-0.3, -0.25) is 9.59 Å². The van der Waals surface area contributed by atoms with Crippen molar-refractivity contribution in [3.63, 3.8) is 0 Å². The summed E-state index contributed by atoms with van der Waals surface area (Å²) in [5.41, 5.74) is 4.02. The van der Waals surface area contributed by atoms with Crippen LogP contribution in [0.2, 0.25) is 0 Å². The maximum atomic E-state index is 10.7. The third-order valence-electron chi connectivity index (χ3n) is 2.75. The third kappa shape index (κ3) is 0.895. The second kappa shape index (κ2) is 2.21. The molecule has 0 spiro atoms. The molecule has 1 aliphatic heterocycles. The summed E-state index contributed by atoms with van der Waals surface area (Å²) in [4.78, 5) is 21.3. The number of carboxylic acid groups (broad SMARTS) is 2. The van der Waals surface area contributed by atoms with E-state index in [2.05, 4.69) is 0 Å². The topological polar surface area (TPSA) is 110 Å². The number of rotatable bonds is 2. The van der Waals surface area contributed by atoms with Gasteiger partial charge in [0, 0.05) is 5.92 Å². The van der Waals surface area contributed by atoms with Gasteiger partial charge in [0.25, 0.3) is 0 Å². The molecule has 2 rings (SSSR count). The molecule has 0 aromatic carbocycles. The van der Waals surface area contributed by atoms with Crippen LogP contribution in [0.3, 0.4) is 0 Å². The average molecular weight is 187 g/mol. The van der Waals surface area contributed by atoms with E-state index in [1.54, 1.807) is 0 Å². The minimum absolute atomic E-state index is 0.0958. The Bertz CT molecular complexity index is 291. The number of nitrogens with two attached hydrogens (primary N) is 1. The Hall–Kier alpha value is -1.14. The maximum absolute atomic E-state index is 10.7. The van der Waals surface area contributed by atoms with E-state index in [1.165, 1.54) is 0 Å². The van der Waals surface area contributed by atoms with Gasteiger partial charge in [0.2, 0.25) is 0 Å². The molecule has 0 aromatic heterocycles. The Balaban J connectivity index is 2.20. The lowest BCUT2D eigenvalue weighted by Crippen LogP contribution is -2.52. The molecule has 4 atom stereocenters. The summed E-state index contributed by atoms with van der Waals surface area (Å²) < 4.78 is 4.99. The molecule has 0 amide bonds. The minimum atomic E-state index is -1.51. The van der Waals surface area contributed by atoms with Gasteiger partial charge in [-0.15, -0.1) is 0 Å². The smallest absolute Gasteiger partial charge is 0.326 e. The molecule has 4 N–H and O–H groups in total. The van der Waals surface area contributed by atoms with Crippen molar-refractivity contribution in [3.8, 4) is 0 Å². The number of carbonyl (C=O) groups is 2. The second-order valence-corrected chi connectivity index (χ2v) is 3.51. The number of hydrogen-bond acceptors (Lipinski definition) is 4. The van der Waals surface area contributed by atoms with Gasteiger partial charge in [-0.05, 0) is 0 Å². The highest BCUT2D eigenvalue weighted by Gasteiger charge is 2.72. The first-order chi connectivity index (χ1) is 5.98. The lowest BCUT2D eigenvalue weighted by Gasteiger charge is -2.19. The van der Waals surface area contributed by atoms with Crippen LogP contribution in [0.1, 0.15) is 0 Å². The molecule has 0 bridgehead atoms. The van der Waals surface area contributed by atoms with Gasteiger partial charge < -0.3 is 20.7 Å². The van der Waals surface area contributed by atoms with E-state index in [9.17, 15) is 9.59 Å². The van der Waals surface area contributed by atoms with Crippen LogP contribution in [-0.4, -0.2) is 40.4 Å². The van der Waals surface area contributed by atoms with Crippen LogP contribution < -0.4 is 5.73 Å². The van der Waals surface area contributed by atoms with E-state index in [1.807, 2.05) is 0 Å².